The molecule has 27 heavy (non-hydrogen) atoms. The van der Waals surface area contributed by atoms with Crippen molar-refractivity contribution in [1.29, 1.82) is 0 Å². The maximum Gasteiger partial charge on any atom is 0.253 e. The van der Waals surface area contributed by atoms with Crippen LogP contribution in [-0.4, -0.2) is 38.9 Å². The van der Waals surface area contributed by atoms with Crippen LogP contribution < -0.4 is 10.1 Å². The topological polar surface area (TPSA) is 81.4 Å². The Morgan fingerprint density at radius 2 is 2.11 bits per heavy atom. The Labute approximate surface area is 166 Å². The van der Waals surface area contributed by atoms with Crippen LogP contribution in [0.25, 0.3) is 5.78 Å². The molecular weight excluding hydrogens is 386 g/mol. The smallest absolute Gasteiger partial charge is 0.253 e. The highest BCUT2D eigenvalue weighted by Gasteiger charge is 2.15. The summed E-state index contributed by atoms with van der Waals surface area (Å²) in [5.74, 6) is 1.01. The summed E-state index contributed by atoms with van der Waals surface area (Å²) < 4.78 is 6.99. The number of ether oxygens (including phenoxy) is 1. The van der Waals surface area contributed by atoms with Crippen molar-refractivity contribution < 1.29 is 9.53 Å². The Bertz CT molecular complexity index is 1010. The standard InChI is InChI=1S/C18H20ClN5O2S/c1-10-13(11(2)24-17(20-10)22-18(23-24)27-4)6-8-16(25)21-14-9-12(19)5-7-15(14)26-3/h5,7,9H,6,8H2,1-4H3,(H,21,25). The van der Waals surface area contributed by atoms with E-state index in [0.29, 0.717) is 40.2 Å². The number of halogens is 1. The van der Waals surface area contributed by atoms with Crippen molar-refractivity contribution in [3.63, 3.8) is 0 Å². The first-order valence-electron chi connectivity index (χ1n) is 8.33. The van der Waals surface area contributed by atoms with Crippen LogP contribution in [0.1, 0.15) is 23.4 Å². The van der Waals surface area contributed by atoms with Gasteiger partial charge in [-0.05, 0) is 50.3 Å². The van der Waals surface area contributed by atoms with E-state index in [2.05, 4.69) is 20.4 Å². The molecule has 0 unspecified atom stereocenters. The first kappa shape index (κ1) is 19.4. The molecule has 0 aliphatic carbocycles. The molecule has 1 aromatic carbocycles. The van der Waals surface area contributed by atoms with Crippen molar-refractivity contribution in [2.75, 3.05) is 18.7 Å². The number of rotatable bonds is 6. The van der Waals surface area contributed by atoms with Gasteiger partial charge < -0.3 is 10.1 Å². The second-order valence-electron chi connectivity index (χ2n) is 5.96. The minimum Gasteiger partial charge on any atom is -0.495 e. The fraction of sp³-hybridized carbons (Fsp3) is 0.333. The first-order chi connectivity index (χ1) is 12.9. The fourth-order valence-electron chi connectivity index (χ4n) is 2.87. The van der Waals surface area contributed by atoms with Crippen LogP contribution in [0, 0.1) is 13.8 Å². The zero-order chi connectivity index (χ0) is 19.6. The van der Waals surface area contributed by atoms with Gasteiger partial charge in [-0.2, -0.15) is 4.98 Å². The molecular formula is C18H20ClN5O2S. The number of nitrogens with one attached hydrogen (secondary N) is 1. The van der Waals surface area contributed by atoms with Gasteiger partial charge in [-0.1, -0.05) is 23.4 Å². The van der Waals surface area contributed by atoms with Crippen LogP contribution in [0.4, 0.5) is 5.69 Å². The molecule has 2 aromatic heterocycles. The average molecular weight is 406 g/mol. The molecule has 0 saturated carbocycles. The van der Waals surface area contributed by atoms with Crippen molar-refractivity contribution >= 4 is 40.7 Å². The Hall–Kier alpha value is -2.32. The number of benzene rings is 1. The lowest BCUT2D eigenvalue weighted by Crippen LogP contribution is -2.15. The van der Waals surface area contributed by atoms with E-state index in [4.69, 9.17) is 16.3 Å². The Kier molecular flexibility index (Phi) is 5.86. The quantitative estimate of drug-likeness (QED) is 0.630. The summed E-state index contributed by atoms with van der Waals surface area (Å²) >= 11 is 7.48. The number of methoxy groups -OCH3 is 1. The Morgan fingerprint density at radius 3 is 2.81 bits per heavy atom. The van der Waals surface area contributed by atoms with Crippen LogP contribution in [-0.2, 0) is 11.2 Å². The molecule has 0 bridgehead atoms. The number of nitrogens with zero attached hydrogens (tertiary/aromatic N) is 4. The number of anilines is 1. The van der Waals surface area contributed by atoms with Crippen LogP contribution in [0.2, 0.25) is 5.02 Å². The SMILES string of the molecule is COc1ccc(Cl)cc1NC(=O)CCc1c(C)nc2nc(SC)nn2c1C. The normalized spacial score (nSPS) is 11.0. The van der Waals surface area contributed by atoms with E-state index >= 15 is 0 Å². The van der Waals surface area contributed by atoms with E-state index in [1.165, 1.54) is 11.8 Å². The molecule has 9 heteroatoms. The number of hydrogen-bond donors (Lipinski definition) is 1. The van der Waals surface area contributed by atoms with Crippen molar-refractivity contribution in [2.24, 2.45) is 0 Å². The third-order valence-corrected chi connectivity index (χ3v) is 5.02. The molecule has 3 aromatic rings. The summed E-state index contributed by atoms with van der Waals surface area (Å²) in [6.07, 6.45) is 2.77. The molecule has 7 nitrogen and oxygen atoms in total. The van der Waals surface area contributed by atoms with Crippen LogP contribution in [0.3, 0.4) is 0 Å². The number of carbonyl (C=O) groups is 1. The molecule has 0 spiro atoms. The van der Waals surface area contributed by atoms with Gasteiger partial charge in [-0.15, -0.1) is 5.10 Å². The number of aryl methyl sites for hydroxylation is 2. The van der Waals surface area contributed by atoms with E-state index in [-0.39, 0.29) is 5.91 Å². The second kappa shape index (κ2) is 8.14. The second-order valence-corrected chi connectivity index (χ2v) is 7.17. The number of hydrogen-bond acceptors (Lipinski definition) is 6. The fourth-order valence-corrected chi connectivity index (χ4v) is 3.38. The van der Waals surface area contributed by atoms with Crippen molar-refractivity contribution in [1.82, 2.24) is 19.6 Å². The lowest BCUT2D eigenvalue weighted by Gasteiger charge is -2.12. The number of thioether (sulfide) groups is 1. The lowest BCUT2D eigenvalue weighted by atomic mass is 10.1. The molecule has 142 valence electrons. The molecule has 0 atom stereocenters. The van der Waals surface area contributed by atoms with E-state index in [1.807, 2.05) is 20.1 Å². The zero-order valence-electron chi connectivity index (χ0n) is 15.5. The van der Waals surface area contributed by atoms with Gasteiger partial charge in [0.2, 0.25) is 11.1 Å². The van der Waals surface area contributed by atoms with Crippen molar-refractivity contribution in [2.45, 2.75) is 31.8 Å². The number of fused-ring (bicyclic) bond motifs is 1. The van der Waals surface area contributed by atoms with Crippen molar-refractivity contribution in [3.05, 3.63) is 40.2 Å². The molecule has 0 saturated heterocycles. The van der Waals surface area contributed by atoms with Gasteiger partial charge in [0.1, 0.15) is 5.75 Å². The third-order valence-electron chi connectivity index (χ3n) is 4.25. The largest absolute Gasteiger partial charge is 0.495 e. The van der Waals surface area contributed by atoms with Gasteiger partial charge in [0, 0.05) is 22.8 Å². The van der Waals surface area contributed by atoms with Gasteiger partial charge in [-0.3, -0.25) is 4.79 Å². The molecule has 3 rings (SSSR count). The lowest BCUT2D eigenvalue weighted by molar-refractivity contribution is -0.116. The highest BCUT2D eigenvalue weighted by Crippen LogP contribution is 2.28. The van der Waals surface area contributed by atoms with Gasteiger partial charge in [0.05, 0.1) is 12.8 Å². The summed E-state index contributed by atoms with van der Waals surface area (Å²) in [4.78, 5) is 21.3. The number of amides is 1. The molecule has 2 heterocycles. The number of aromatic nitrogens is 4. The monoisotopic (exact) mass is 405 g/mol. The Morgan fingerprint density at radius 1 is 1.33 bits per heavy atom. The zero-order valence-corrected chi connectivity index (χ0v) is 17.1. The van der Waals surface area contributed by atoms with Gasteiger partial charge >= 0.3 is 0 Å². The minimum absolute atomic E-state index is 0.127. The van der Waals surface area contributed by atoms with E-state index < -0.39 is 0 Å². The maximum atomic E-state index is 12.4. The minimum atomic E-state index is -0.127. The van der Waals surface area contributed by atoms with Crippen LogP contribution >= 0.6 is 23.4 Å². The third kappa shape index (κ3) is 4.17. The predicted molar refractivity (Wildman–Crippen MR) is 107 cm³/mol. The van der Waals surface area contributed by atoms with Crippen molar-refractivity contribution in [3.8, 4) is 5.75 Å². The summed E-state index contributed by atoms with van der Waals surface area (Å²) in [5, 5.41) is 8.49. The molecule has 1 amide bonds. The highest BCUT2D eigenvalue weighted by atomic mass is 35.5. The van der Waals surface area contributed by atoms with Gasteiger partial charge in [0.25, 0.3) is 5.78 Å². The van der Waals surface area contributed by atoms with Gasteiger partial charge in [0.15, 0.2) is 0 Å². The van der Waals surface area contributed by atoms with Crippen LogP contribution in [0.5, 0.6) is 5.75 Å². The number of carbonyl (C=O) groups excluding carboxylic acids is 1. The predicted octanol–water partition coefficient (Wildman–Crippen LogP) is 3.70. The molecule has 0 aliphatic heterocycles. The summed E-state index contributed by atoms with van der Waals surface area (Å²) in [6.45, 7) is 3.89. The first-order valence-corrected chi connectivity index (χ1v) is 9.93. The van der Waals surface area contributed by atoms with E-state index in [1.54, 1.807) is 29.8 Å². The average Bonchev–Trinajstić information content (AvgIpc) is 3.05. The highest BCUT2D eigenvalue weighted by molar-refractivity contribution is 7.98. The van der Waals surface area contributed by atoms with Gasteiger partial charge in [-0.25, -0.2) is 9.50 Å². The summed E-state index contributed by atoms with van der Waals surface area (Å²) in [6, 6.07) is 5.10. The summed E-state index contributed by atoms with van der Waals surface area (Å²) in [5.41, 5.74) is 3.35. The van der Waals surface area contributed by atoms with Crippen LogP contribution in [0.15, 0.2) is 23.4 Å². The summed E-state index contributed by atoms with van der Waals surface area (Å²) in [7, 11) is 1.55. The molecule has 0 fully saturated rings. The van der Waals surface area contributed by atoms with E-state index in [0.717, 1.165) is 17.0 Å². The Balaban J connectivity index is 1.76. The maximum absolute atomic E-state index is 12.4. The molecule has 0 aliphatic rings. The van der Waals surface area contributed by atoms with E-state index in [9.17, 15) is 4.79 Å². The molecule has 0 radical (unpaired) electrons. The molecule has 1 N–H and O–H groups in total.